The Hall–Kier alpha value is -2.50. The average Bonchev–Trinajstić information content (AvgIpc) is 3.03. The summed E-state index contributed by atoms with van der Waals surface area (Å²) in [6, 6.07) is 8.44. The summed E-state index contributed by atoms with van der Waals surface area (Å²) in [4.78, 5) is 4.78. The van der Waals surface area contributed by atoms with Crippen LogP contribution in [0.1, 0.15) is 56.5 Å². The lowest BCUT2D eigenvalue weighted by molar-refractivity contribution is 0.0694. The van der Waals surface area contributed by atoms with Crippen LogP contribution in [0.3, 0.4) is 0 Å². The molecule has 0 amide bonds. The summed E-state index contributed by atoms with van der Waals surface area (Å²) in [7, 11) is 0. The molecule has 6 heteroatoms. The predicted molar refractivity (Wildman–Crippen MR) is 109 cm³/mol. The van der Waals surface area contributed by atoms with E-state index in [1.165, 1.54) is 11.1 Å². The van der Waals surface area contributed by atoms with Gasteiger partial charge in [0.15, 0.2) is 5.96 Å². The first kappa shape index (κ1) is 19.3. The molecular weight excluding hydrogens is 338 g/mol. The van der Waals surface area contributed by atoms with Crippen molar-refractivity contribution in [3.8, 4) is 5.75 Å². The summed E-state index contributed by atoms with van der Waals surface area (Å²) in [5, 5.41) is 14.1. The number of fused-ring (bicyclic) bond motifs is 1. The van der Waals surface area contributed by atoms with Crippen molar-refractivity contribution in [1.82, 2.24) is 20.8 Å². The number of aromatic amines is 1. The van der Waals surface area contributed by atoms with Crippen LogP contribution in [-0.2, 0) is 6.42 Å². The first-order chi connectivity index (χ1) is 13.0. The Balaban J connectivity index is 1.65. The molecule has 27 heavy (non-hydrogen) atoms. The minimum Gasteiger partial charge on any atom is -0.487 e. The van der Waals surface area contributed by atoms with Gasteiger partial charge in [-0.3, -0.25) is 10.1 Å². The van der Waals surface area contributed by atoms with Gasteiger partial charge in [-0.15, -0.1) is 0 Å². The van der Waals surface area contributed by atoms with E-state index in [1.807, 2.05) is 18.3 Å². The maximum absolute atomic E-state index is 6.13. The Morgan fingerprint density at radius 2 is 2.19 bits per heavy atom. The van der Waals surface area contributed by atoms with E-state index in [0.29, 0.717) is 0 Å². The van der Waals surface area contributed by atoms with Crippen molar-refractivity contribution in [2.24, 2.45) is 4.99 Å². The molecule has 2 heterocycles. The second-order valence-corrected chi connectivity index (χ2v) is 7.69. The molecule has 1 aliphatic heterocycles. The van der Waals surface area contributed by atoms with E-state index in [1.54, 1.807) is 0 Å². The number of H-pyrrole nitrogens is 1. The van der Waals surface area contributed by atoms with Crippen LogP contribution >= 0.6 is 0 Å². The zero-order valence-corrected chi connectivity index (χ0v) is 16.8. The van der Waals surface area contributed by atoms with Crippen LogP contribution < -0.4 is 15.4 Å². The normalized spacial score (nSPS) is 18.5. The number of aliphatic imine (C=N–C) groups is 1. The van der Waals surface area contributed by atoms with E-state index in [9.17, 15) is 0 Å². The molecule has 0 saturated carbocycles. The van der Waals surface area contributed by atoms with Crippen LogP contribution in [0.5, 0.6) is 5.75 Å². The zero-order chi connectivity index (χ0) is 19.3. The number of guanidine groups is 1. The lowest BCUT2D eigenvalue weighted by Crippen LogP contribution is -2.45. The zero-order valence-electron chi connectivity index (χ0n) is 16.8. The Bertz CT molecular complexity index is 780. The van der Waals surface area contributed by atoms with Crippen molar-refractivity contribution >= 4 is 5.96 Å². The van der Waals surface area contributed by atoms with Crippen LogP contribution in [-0.4, -0.2) is 34.8 Å². The largest absolute Gasteiger partial charge is 0.487 e. The number of rotatable bonds is 6. The van der Waals surface area contributed by atoms with E-state index in [2.05, 4.69) is 60.7 Å². The van der Waals surface area contributed by atoms with E-state index in [-0.39, 0.29) is 11.6 Å². The van der Waals surface area contributed by atoms with Gasteiger partial charge in [-0.2, -0.15) is 5.10 Å². The standard InChI is InChI=1S/C21H31N5O/c1-5-22-20(23-12-8-9-16-14-24-26-15(16)2)25-18-13-21(3,4)27-19-11-7-6-10-17(18)19/h6-7,10-11,14,18H,5,8-9,12-13H2,1-4H3,(H,24,26)(H2,22,23,25). The van der Waals surface area contributed by atoms with Crippen molar-refractivity contribution in [1.29, 1.82) is 0 Å². The van der Waals surface area contributed by atoms with Crippen molar-refractivity contribution in [2.45, 2.75) is 58.6 Å². The highest BCUT2D eigenvalue weighted by Gasteiger charge is 2.33. The molecule has 3 rings (SSSR count). The number of aryl methyl sites for hydroxylation is 2. The third-order valence-electron chi connectivity index (χ3n) is 4.84. The number of benzene rings is 1. The minimum absolute atomic E-state index is 0.180. The second kappa shape index (κ2) is 8.46. The molecule has 1 aromatic heterocycles. The third kappa shape index (κ3) is 5.02. The fourth-order valence-electron chi connectivity index (χ4n) is 3.50. The number of ether oxygens (including phenoxy) is 1. The SMILES string of the molecule is CCNC(=NCCCc1cn[nH]c1C)NC1CC(C)(C)Oc2ccccc21. The van der Waals surface area contributed by atoms with E-state index in [4.69, 9.17) is 9.73 Å². The summed E-state index contributed by atoms with van der Waals surface area (Å²) in [5.41, 5.74) is 3.40. The summed E-state index contributed by atoms with van der Waals surface area (Å²) in [6.07, 6.45) is 4.78. The number of nitrogens with zero attached hydrogens (tertiary/aromatic N) is 2. The van der Waals surface area contributed by atoms with Crippen molar-refractivity contribution < 1.29 is 4.74 Å². The predicted octanol–water partition coefficient (Wildman–Crippen LogP) is 3.51. The van der Waals surface area contributed by atoms with Gasteiger partial charge in [0.2, 0.25) is 0 Å². The van der Waals surface area contributed by atoms with Crippen LogP contribution in [0.2, 0.25) is 0 Å². The van der Waals surface area contributed by atoms with Crippen LogP contribution in [0.4, 0.5) is 0 Å². The van der Waals surface area contributed by atoms with Gasteiger partial charge in [-0.25, -0.2) is 0 Å². The number of hydrogen-bond donors (Lipinski definition) is 3. The molecule has 0 aliphatic carbocycles. The quantitative estimate of drug-likeness (QED) is 0.414. The molecule has 2 aromatic rings. The third-order valence-corrected chi connectivity index (χ3v) is 4.84. The Labute approximate surface area is 161 Å². The highest BCUT2D eigenvalue weighted by Crippen LogP contribution is 2.39. The second-order valence-electron chi connectivity index (χ2n) is 7.69. The lowest BCUT2D eigenvalue weighted by atomic mass is 9.90. The molecule has 0 bridgehead atoms. The van der Waals surface area contributed by atoms with Crippen molar-refractivity contribution in [3.05, 3.63) is 47.3 Å². The average molecular weight is 370 g/mol. The van der Waals surface area contributed by atoms with E-state index < -0.39 is 0 Å². The summed E-state index contributed by atoms with van der Waals surface area (Å²) < 4.78 is 6.13. The van der Waals surface area contributed by atoms with Crippen LogP contribution in [0, 0.1) is 6.92 Å². The smallest absolute Gasteiger partial charge is 0.191 e. The molecule has 0 radical (unpaired) electrons. The number of hydrogen-bond acceptors (Lipinski definition) is 3. The first-order valence-electron chi connectivity index (χ1n) is 9.80. The minimum atomic E-state index is -0.206. The van der Waals surface area contributed by atoms with Gasteiger partial charge in [0, 0.05) is 30.8 Å². The summed E-state index contributed by atoms with van der Waals surface area (Å²) >= 11 is 0. The van der Waals surface area contributed by atoms with Gasteiger partial charge in [0.05, 0.1) is 12.2 Å². The van der Waals surface area contributed by atoms with Crippen molar-refractivity contribution in [2.75, 3.05) is 13.1 Å². The van der Waals surface area contributed by atoms with Gasteiger partial charge in [0.1, 0.15) is 11.4 Å². The summed E-state index contributed by atoms with van der Waals surface area (Å²) in [5.74, 6) is 1.82. The Morgan fingerprint density at radius 3 is 2.93 bits per heavy atom. The van der Waals surface area contributed by atoms with E-state index in [0.717, 1.165) is 49.8 Å². The highest BCUT2D eigenvalue weighted by atomic mass is 16.5. The number of para-hydroxylation sites is 1. The molecule has 6 nitrogen and oxygen atoms in total. The molecule has 0 fully saturated rings. The molecular formula is C21H31N5O. The molecule has 1 atom stereocenters. The maximum Gasteiger partial charge on any atom is 0.191 e. The molecule has 1 aromatic carbocycles. The molecule has 0 saturated heterocycles. The first-order valence-corrected chi connectivity index (χ1v) is 9.80. The van der Waals surface area contributed by atoms with Gasteiger partial charge < -0.3 is 15.4 Å². The molecule has 1 aliphatic rings. The molecule has 1 unspecified atom stereocenters. The Morgan fingerprint density at radius 1 is 1.37 bits per heavy atom. The molecule has 3 N–H and O–H groups in total. The van der Waals surface area contributed by atoms with Gasteiger partial charge >= 0.3 is 0 Å². The maximum atomic E-state index is 6.13. The Kier molecular flexibility index (Phi) is 6.04. The van der Waals surface area contributed by atoms with Gasteiger partial charge in [-0.1, -0.05) is 18.2 Å². The monoisotopic (exact) mass is 369 g/mol. The summed E-state index contributed by atoms with van der Waals surface area (Å²) in [6.45, 7) is 10.0. The van der Waals surface area contributed by atoms with Crippen LogP contribution in [0.15, 0.2) is 35.5 Å². The highest BCUT2D eigenvalue weighted by molar-refractivity contribution is 5.80. The van der Waals surface area contributed by atoms with Crippen LogP contribution in [0.25, 0.3) is 0 Å². The lowest BCUT2D eigenvalue weighted by Gasteiger charge is -2.38. The number of aromatic nitrogens is 2. The fourth-order valence-corrected chi connectivity index (χ4v) is 3.50. The molecule has 146 valence electrons. The number of nitrogens with one attached hydrogen (secondary N) is 3. The topological polar surface area (TPSA) is 74.3 Å². The van der Waals surface area contributed by atoms with E-state index >= 15 is 0 Å². The molecule has 0 spiro atoms. The fraction of sp³-hybridized carbons (Fsp3) is 0.524. The van der Waals surface area contributed by atoms with Gasteiger partial charge in [-0.05, 0) is 52.2 Å². The van der Waals surface area contributed by atoms with Gasteiger partial charge in [0.25, 0.3) is 0 Å². The van der Waals surface area contributed by atoms with Crippen molar-refractivity contribution in [3.63, 3.8) is 0 Å².